The first kappa shape index (κ1) is 30.6. The van der Waals surface area contributed by atoms with Crippen molar-refractivity contribution in [1.82, 2.24) is 15.1 Å². The van der Waals surface area contributed by atoms with Crippen LogP contribution in [0.3, 0.4) is 0 Å². The Kier molecular flexibility index (Phi) is 10.7. The number of alkyl carbamates (subject to hydrolysis) is 1. The summed E-state index contributed by atoms with van der Waals surface area (Å²) in [7, 11) is 0. The highest BCUT2D eigenvalue weighted by atomic mass is 16.5. The quantitative estimate of drug-likeness (QED) is 0.279. The number of hydrogen-bond donors (Lipinski definition) is 4. The molecule has 0 radical (unpaired) electrons. The Morgan fingerprint density at radius 1 is 1.07 bits per heavy atom. The number of carbonyl (C=O) groups excluding carboxylic acids is 5. The standard InChI is InChI=1S/C26H36N6O8/c1-15(33)20(22(27)35)29-30-23(36)18-10-12-31(13-18)24(37)19-9-6-11-32(19)25(38)21(16(2)34)28-26(39)40-14-17-7-4-3-5-8-17/h3-5,7-8,15-16,18-21,33-34H,6,9-14H2,1-2H3,(H2,27,35)(H,28,39)/t15-,16-,18?,19+,20+,21+/m1/s1. The van der Waals surface area contributed by atoms with Crippen molar-refractivity contribution in [1.29, 1.82) is 0 Å². The highest BCUT2D eigenvalue weighted by molar-refractivity contribution is 5.92. The molecule has 6 atom stereocenters. The zero-order chi connectivity index (χ0) is 29.4. The van der Waals surface area contributed by atoms with Crippen molar-refractivity contribution in [2.45, 2.75) is 70.1 Å². The number of carbonyl (C=O) groups is 5. The summed E-state index contributed by atoms with van der Waals surface area (Å²) in [6.07, 6.45) is -2.10. The van der Waals surface area contributed by atoms with E-state index < -0.39 is 60.1 Å². The first-order valence-corrected chi connectivity index (χ1v) is 13.2. The van der Waals surface area contributed by atoms with Crippen LogP contribution in [0.2, 0.25) is 0 Å². The maximum Gasteiger partial charge on any atom is 0.408 e. The van der Waals surface area contributed by atoms with Gasteiger partial charge >= 0.3 is 6.09 Å². The summed E-state index contributed by atoms with van der Waals surface area (Å²) in [5.41, 5.74) is 5.91. The third kappa shape index (κ3) is 7.82. The van der Waals surface area contributed by atoms with Crippen LogP contribution < -0.4 is 11.1 Å². The van der Waals surface area contributed by atoms with Gasteiger partial charge in [0.05, 0.1) is 18.1 Å². The van der Waals surface area contributed by atoms with E-state index in [-0.39, 0.29) is 32.1 Å². The number of benzene rings is 1. The summed E-state index contributed by atoms with van der Waals surface area (Å²) in [6.45, 7) is 3.21. The maximum atomic E-state index is 13.3. The van der Waals surface area contributed by atoms with Crippen LogP contribution in [-0.4, -0.2) is 99.7 Å². The lowest BCUT2D eigenvalue weighted by Crippen LogP contribution is -2.57. The fourth-order valence-electron chi connectivity index (χ4n) is 4.71. The van der Waals surface area contributed by atoms with E-state index in [0.717, 1.165) is 5.56 Å². The van der Waals surface area contributed by atoms with Gasteiger partial charge in [-0.05, 0) is 38.7 Å². The molecule has 5 amide bonds. The number of nitrogens with two attached hydrogens (primary N) is 1. The molecule has 40 heavy (non-hydrogen) atoms. The summed E-state index contributed by atoms with van der Waals surface area (Å²) in [4.78, 5) is 65.7. The molecule has 1 unspecified atom stereocenters. The predicted molar refractivity (Wildman–Crippen MR) is 139 cm³/mol. The molecule has 0 aliphatic carbocycles. The van der Waals surface area contributed by atoms with E-state index in [1.807, 2.05) is 6.07 Å². The lowest BCUT2D eigenvalue weighted by molar-refractivity contribution is -0.145. The molecule has 0 saturated carbocycles. The van der Waals surface area contributed by atoms with Crippen molar-refractivity contribution in [2.75, 3.05) is 19.6 Å². The second-order valence-corrected chi connectivity index (χ2v) is 10.0. The fraction of sp³-hybridized carbons (Fsp3) is 0.577. The van der Waals surface area contributed by atoms with Gasteiger partial charge in [0.25, 0.3) is 5.91 Å². The van der Waals surface area contributed by atoms with Crippen LogP contribution in [0.1, 0.15) is 38.7 Å². The van der Waals surface area contributed by atoms with E-state index >= 15 is 0 Å². The number of azo groups is 1. The summed E-state index contributed by atoms with van der Waals surface area (Å²) in [5, 5.41) is 29.3. The number of hydrogen-bond acceptors (Lipinski definition) is 9. The van der Waals surface area contributed by atoms with Gasteiger partial charge < -0.3 is 35.8 Å². The minimum Gasteiger partial charge on any atom is -0.445 e. The van der Waals surface area contributed by atoms with Crippen molar-refractivity contribution in [3.8, 4) is 0 Å². The average Bonchev–Trinajstić information content (AvgIpc) is 3.60. The van der Waals surface area contributed by atoms with Gasteiger partial charge in [-0.25, -0.2) is 4.79 Å². The van der Waals surface area contributed by atoms with Crippen LogP contribution >= 0.6 is 0 Å². The van der Waals surface area contributed by atoms with Crippen molar-refractivity contribution < 1.29 is 38.9 Å². The number of likely N-dealkylation sites (tertiary alicyclic amines) is 2. The van der Waals surface area contributed by atoms with Gasteiger partial charge in [0.15, 0.2) is 6.04 Å². The molecule has 14 nitrogen and oxygen atoms in total. The van der Waals surface area contributed by atoms with E-state index in [9.17, 15) is 34.2 Å². The van der Waals surface area contributed by atoms with Crippen LogP contribution in [-0.2, 0) is 30.5 Å². The Labute approximate surface area is 231 Å². The number of aliphatic hydroxyl groups excluding tert-OH is 2. The number of nitrogens with zero attached hydrogens (tertiary/aromatic N) is 4. The Hall–Kier alpha value is -3.91. The van der Waals surface area contributed by atoms with E-state index in [0.29, 0.717) is 19.3 Å². The molecular weight excluding hydrogens is 524 g/mol. The highest BCUT2D eigenvalue weighted by Crippen LogP contribution is 2.25. The average molecular weight is 561 g/mol. The van der Waals surface area contributed by atoms with Gasteiger partial charge in [-0.15, -0.1) is 5.11 Å². The number of ether oxygens (including phenoxy) is 1. The SMILES string of the molecule is C[C@@H](O)[C@H](N=NC(=O)C1CCN(C(=O)[C@@H]2CCCN2C(=O)[C@@H](NC(=O)OCc2ccccc2)[C@@H](C)O)C1)C(N)=O. The molecule has 1 aromatic rings. The van der Waals surface area contributed by atoms with Crippen molar-refractivity contribution in [3.63, 3.8) is 0 Å². The van der Waals surface area contributed by atoms with Crippen LogP contribution in [0.5, 0.6) is 0 Å². The second-order valence-electron chi connectivity index (χ2n) is 10.0. The molecule has 0 aromatic heterocycles. The predicted octanol–water partition coefficient (Wildman–Crippen LogP) is -0.285. The van der Waals surface area contributed by atoms with Crippen LogP contribution in [0.25, 0.3) is 0 Å². The van der Waals surface area contributed by atoms with Gasteiger partial charge in [0.1, 0.15) is 18.7 Å². The minimum absolute atomic E-state index is 0.0190. The minimum atomic E-state index is -1.35. The molecule has 0 bridgehead atoms. The zero-order valence-corrected chi connectivity index (χ0v) is 22.5. The van der Waals surface area contributed by atoms with Gasteiger partial charge in [-0.2, -0.15) is 5.11 Å². The smallest absolute Gasteiger partial charge is 0.408 e. The molecule has 5 N–H and O–H groups in total. The monoisotopic (exact) mass is 560 g/mol. The second kappa shape index (κ2) is 13.9. The summed E-state index contributed by atoms with van der Waals surface area (Å²) in [6, 6.07) is 5.47. The Balaban J connectivity index is 1.59. The van der Waals surface area contributed by atoms with Crippen LogP contribution in [0.15, 0.2) is 40.6 Å². The molecule has 14 heteroatoms. The lowest BCUT2D eigenvalue weighted by Gasteiger charge is -2.31. The molecule has 2 fully saturated rings. The zero-order valence-electron chi connectivity index (χ0n) is 22.5. The van der Waals surface area contributed by atoms with E-state index in [1.165, 1.54) is 23.6 Å². The molecule has 0 spiro atoms. The number of aliphatic hydroxyl groups is 2. The van der Waals surface area contributed by atoms with Crippen molar-refractivity contribution in [3.05, 3.63) is 35.9 Å². The van der Waals surface area contributed by atoms with Gasteiger partial charge in [0.2, 0.25) is 17.7 Å². The number of amides is 5. The molecule has 2 saturated heterocycles. The lowest BCUT2D eigenvalue weighted by atomic mass is 10.1. The maximum absolute atomic E-state index is 13.3. The number of primary amides is 1. The largest absolute Gasteiger partial charge is 0.445 e. The number of rotatable bonds is 10. The summed E-state index contributed by atoms with van der Waals surface area (Å²) < 4.78 is 5.18. The van der Waals surface area contributed by atoms with Crippen molar-refractivity contribution in [2.24, 2.45) is 21.9 Å². The first-order chi connectivity index (χ1) is 19.0. The van der Waals surface area contributed by atoms with Gasteiger partial charge in [0, 0.05) is 19.6 Å². The van der Waals surface area contributed by atoms with Gasteiger partial charge in [-0.3, -0.25) is 19.2 Å². The van der Waals surface area contributed by atoms with Crippen molar-refractivity contribution >= 4 is 29.7 Å². The Morgan fingerprint density at radius 3 is 2.40 bits per heavy atom. The Morgan fingerprint density at radius 2 is 1.77 bits per heavy atom. The molecule has 3 rings (SSSR count). The third-order valence-corrected chi connectivity index (χ3v) is 6.93. The van der Waals surface area contributed by atoms with Crippen LogP contribution in [0.4, 0.5) is 4.79 Å². The fourth-order valence-corrected chi connectivity index (χ4v) is 4.71. The number of nitrogens with one attached hydrogen (secondary N) is 1. The third-order valence-electron chi connectivity index (χ3n) is 6.93. The molecule has 218 valence electrons. The topological polar surface area (TPSA) is 204 Å². The summed E-state index contributed by atoms with van der Waals surface area (Å²) in [5.74, 6) is -3.19. The Bertz CT molecular complexity index is 1110. The van der Waals surface area contributed by atoms with E-state index in [4.69, 9.17) is 10.5 Å². The van der Waals surface area contributed by atoms with Gasteiger partial charge in [-0.1, -0.05) is 30.3 Å². The molecule has 1 aromatic carbocycles. The summed E-state index contributed by atoms with van der Waals surface area (Å²) >= 11 is 0. The highest BCUT2D eigenvalue weighted by Gasteiger charge is 2.43. The molecule has 2 aliphatic heterocycles. The van der Waals surface area contributed by atoms with E-state index in [2.05, 4.69) is 15.5 Å². The molecule has 2 heterocycles. The molecular formula is C26H36N6O8. The first-order valence-electron chi connectivity index (χ1n) is 13.2. The van der Waals surface area contributed by atoms with E-state index in [1.54, 1.807) is 24.3 Å². The normalized spacial score (nSPS) is 22.0. The molecule has 2 aliphatic rings. The van der Waals surface area contributed by atoms with Crippen LogP contribution in [0, 0.1) is 5.92 Å².